The summed E-state index contributed by atoms with van der Waals surface area (Å²) in [5.74, 6) is 1.31. The Hall–Kier alpha value is -1.85. The Labute approximate surface area is 94.9 Å². The van der Waals surface area contributed by atoms with Crippen LogP contribution in [0.3, 0.4) is 0 Å². The average molecular weight is 223 g/mol. The highest BCUT2D eigenvalue weighted by molar-refractivity contribution is 5.80. The summed E-state index contributed by atoms with van der Waals surface area (Å²) >= 11 is 0. The van der Waals surface area contributed by atoms with Crippen molar-refractivity contribution in [2.24, 2.45) is 0 Å². The Morgan fingerprint density at radius 2 is 2.00 bits per heavy atom. The second-order valence-electron chi connectivity index (χ2n) is 3.24. The molecule has 6 heteroatoms. The number of nitrogens with zero attached hydrogens (tertiary/aromatic N) is 2. The van der Waals surface area contributed by atoms with Crippen molar-refractivity contribution >= 4 is 17.5 Å². The minimum atomic E-state index is -0.0818. The van der Waals surface area contributed by atoms with Crippen LogP contribution in [0.4, 0.5) is 11.6 Å². The molecule has 0 aliphatic rings. The highest BCUT2D eigenvalue weighted by Gasteiger charge is 2.00. The summed E-state index contributed by atoms with van der Waals surface area (Å²) in [7, 11) is 1.60. The van der Waals surface area contributed by atoms with Crippen LogP contribution in [0.5, 0.6) is 0 Å². The summed E-state index contributed by atoms with van der Waals surface area (Å²) in [5.41, 5.74) is 0. The third kappa shape index (κ3) is 4.12. The van der Waals surface area contributed by atoms with E-state index in [9.17, 15) is 4.79 Å². The zero-order valence-corrected chi connectivity index (χ0v) is 9.58. The number of rotatable bonds is 6. The van der Waals surface area contributed by atoms with Crippen molar-refractivity contribution in [1.82, 2.24) is 15.3 Å². The molecule has 1 heterocycles. The van der Waals surface area contributed by atoms with Crippen LogP contribution in [0, 0.1) is 0 Å². The number of anilines is 2. The van der Waals surface area contributed by atoms with E-state index in [4.69, 9.17) is 0 Å². The molecule has 88 valence electrons. The van der Waals surface area contributed by atoms with E-state index in [1.807, 2.05) is 0 Å². The molecule has 3 N–H and O–H groups in total. The molecule has 0 fully saturated rings. The van der Waals surface area contributed by atoms with E-state index < -0.39 is 0 Å². The van der Waals surface area contributed by atoms with Gasteiger partial charge in [0.2, 0.25) is 5.91 Å². The van der Waals surface area contributed by atoms with E-state index in [2.05, 4.69) is 32.8 Å². The number of aromatic nitrogens is 2. The van der Waals surface area contributed by atoms with Gasteiger partial charge in [-0.25, -0.2) is 9.97 Å². The fourth-order valence-electron chi connectivity index (χ4n) is 1.06. The summed E-state index contributed by atoms with van der Waals surface area (Å²) in [6.45, 7) is 3.16. The molecule has 0 aliphatic carbocycles. The van der Waals surface area contributed by atoms with Crippen LogP contribution < -0.4 is 16.0 Å². The van der Waals surface area contributed by atoms with Crippen LogP contribution in [-0.4, -0.2) is 36.0 Å². The SMILES string of the molecule is CCCNc1cc(NCC(=O)NC)ncn1. The molecule has 1 rings (SSSR count). The van der Waals surface area contributed by atoms with Crippen LogP contribution in [0.25, 0.3) is 0 Å². The number of carbonyl (C=O) groups excluding carboxylic acids is 1. The largest absolute Gasteiger partial charge is 0.370 e. The summed E-state index contributed by atoms with van der Waals surface area (Å²) in [5, 5.41) is 8.58. The number of likely N-dealkylation sites (N-methyl/N-ethyl adjacent to an activating group) is 1. The van der Waals surface area contributed by atoms with Crippen molar-refractivity contribution in [1.29, 1.82) is 0 Å². The van der Waals surface area contributed by atoms with Gasteiger partial charge in [0.1, 0.15) is 18.0 Å². The monoisotopic (exact) mass is 223 g/mol. The van der Waals surface area contributed by atoms with Crippen LogP contribution in [-0.2, 0) is 4.79 Å². The zero-order valence-electron chi connectivity index (χ0n) is 9.58. The topological polar surface area (TPSA) is 78.9 Å². The highest BCUT2D eigenvalue weighted by atomic mass is 16.1. The van der Waals surface area contributed by atoms with Gasteiger partial charge in [-0.3, -0.25) is 4.79 Å². The molecule has 0 saturated heterocycles. The molecule has 0 radical (unpaired) electrons. The Balaban J connectivity index is 2.50. The van der Waals surface area contributed by atoms with Crippen molar-refractivity contribution in [3.05, 3.63) is 12.4 Å². The van der Waals surface area contributed by atoms with Gasteiger partial charge >= 0.3 is 0 Å². The molecule has 16 heavy (non-hydrogen) atoms. The predicted molar refractivity (Wildman–Crippen MR) is 63.4 cm³/mol. The molecule has 6 nitrogen and oxygen atoms in total. The lowest BCUT2D eigenvalue weighted by Gasteiger charge is -2.07. The summed E-state index contributed by atoms with van der Waals surface area (Å²) in [6.07, 6.45) is 2.50. The van der Waals surface area contributed by atoms with Crippen molar-refractivity contribution in [3.63, 3.8) is 0 Å². The number of amides is 1. The van der Waals surface area contributed by atoms with Gasteiger partial charge in [0.25, 0.3) is 0 Å². The first-order chi connectivity index (χ1) is 7.76. The molecule has 0 atom stereocenters. The molecule has 1 aromatic rings. The number of hydrogen-bond donors (Lipinski definition) is 3. The van der Waals surface area contributed by atoms with E-state index in [0.717, 1.165) is 18.8 Å². The van der Waals surface area contributed by atoms with Gasteiger partial charge in [0, 0.05) is 19.7 Å². The lowest BCUT2D eigenvalue weighted by atomic mass is 10.4. The normalized spacial score (nSPS) is 9.62. The second-order valence-corrected chi connectivity index (χ2v) is 3.24. The van der Waals surface area contributed by atoms with Gasteiger partial charge in [0.15, 0.2) is 0 Å². The van der Waals surface area contributed by atoms with Crippen molar-refractivity contribution < 1.29 is 4.79 Å². The lowest BCUT2D eigenvalue weighted by Crippen LogP contribution is -2.26. The molecule has 0 spiro atoms. The third-order valence-corrected chi connectivity index (χ3v) is 1.93. The maximum Gasteiger partial charge on any atom is 0.239 e. The minimum absolute atomic E-state index is 0.0818. The Morgan fingerprint density at radius 1 is 1.31 bits per heavy atom. The van der Waals surface area contributed by atoms with Crippen LogP contribution in [0.15, 0.2) is 12.4 Å². The van der Waals surface area contributed by atoms with Crippen LogP contribution in [0.1, 0.15) is 13.3 Å². The molecular formula is C10H17N5O. The van der Waals surface area contributed by atoms with Gasteiger partial charge in [0.05, 0.1) is 6.54 Å². The zero-order chi connectivity index (χ0) is 11.8. The summed E-state index contributed by atoms with van der Waals surface area (Å²) in [4.78, 5) is 19.1. The van der Waals surface area contributed by atoms with Gasteiger partial charge in [-0.15, -0.1) is 0 Å². The quantitative estimate of drug-likeness (QED) is 0.653. The van der Waals surface area contributed by atoms with E-state index in [-0.39, 0.29) is 12.5 Å². The molecular weight excluding hydrogens is 206 g/mol. The molecule has 0 aliphatic heterocycles. The first-order valence-corrected chi connectivity index (χ1v) is 5.26. The molecule has 0 saturated carbocycles. The molecule has 0 unspecified atom stereocenters. The number of carbonyl (C=O) groups is 1. The van der Waals surface area contributed by atoms with Crippen molar-refractivity contribution in [2.45, 2.75) is 13.3 Å². The summed E-state index contributed by atoms with van der Waals surface area (Å²) < 4.78 is 0. The van der Waals surface area contributed by atoms with E-state index in [1.165, 1.54) is 6.33 Å². The lowest BCUT2D eigenvalue weighted by molar-refractivity contribution is -0.118. The van der Waals surface area contributed by atoms with Crippen LogP contribution >= 0.6 is 0 Å². The van der Waals surface area contributed by atoms with E-state index in [0.29, 0.717) is 5.82 Å². The fourth-order valence-corrected chi connectivity index (χ4v) is 1.06. The Bertz CT molecular complexity index is 342. The minimum Gasteiger partial charge on any atom is -0.370 e. The predicted octanol–water partition coefficient (Wildman–Crippen LogP) is 0.456. The molecule has 0 bridgehead atoms. The Morgan fingerprint density at radius 3 is 2.62 bits per heavy atom. The summed E-state index contributed by atoms with van der Waals surface area (Å²) in [6, 6.07) is 1.78. The highest BCUT2D eigenvalue weighted by Crippen LogP contribution is 2.07. The van der Waals surface area contributed by atoms with Crippen molar-refractivity contribution in [2.75, 3.05) is 30.8 Å². The maximum absolute atomic E-state index is 11.0. The van der Waals surface area contributed by atoms with Crippen molar-refractivity contribution in [3.8, 4) is 0 Å². The van der Waals surface area contributed by atoms with Gasteiger partial charge < -0.3 is 16.0 Å². The molecule has 1 amide bonds. The average Bonchev–Trinajstić information content (AvgIpc) is 2.34. The van der Waals surface area contributed by atoms with E-state index in [1.54, 1.807) is 13.1 Å². The first kappa shape index (κ1) is 12.2. The van der Waals surface area contributed by atoms with Crippen LogP contribution in [0.2, 0.25) is 0 Å². The Kier molecular flexibility index (Phi) is 5.04. The standard InChI is InChI=1S/C10H17N5O/c1-3-4-12-8-5-9(15-7-14-8)13-6-10(16)11-2/h5,7H,3-4,6H2,1-2H3,(H,11,16)(H2,12,13,14,15). The molecule has 0 aromatic carbocycles. The fraction of sp³-hybridized carbons (Fsp3) is 0.500. The molecule has 1 aromatic heterocycles. The van der Waals surface area contributed by atoms with Gasteiger partial charge in [-0.2, -0.15) is 0 Å². The second kappa shape index (κ2) is 6.60. The number of hydrogen-bond acceptors (Lipinski definition) is 5. The third-order valence-electron chi connectivity index (χ3n) is 1.93. The maximum atomic E-state index is 11.0. The number of nitrogens with one attached hydrogen (secondary N) is 3. The first-order valence-electron chi connectivity index (χ1n) is 5.26. The smallest absolute Gasteiger partial charge is 0.239 e. The van der Waals surface area contributed by atoms with Gasteiger partial charge in [-0.05, 0) is 6.42 Å². The van der Waals surface area contributed by atoms with Gasteiger partial charge in [-0.1, -0.05) is 6.92 Å². The van der Waals surface area contributed by atoms with E-state index >= 15 is 0 Å².